The third-order valence-electron chi connectivity index (χ3n) is 1.80. The van der Waals surface area contributed by atoms with Crippen molar-refractivity contribution in [2.24, 2.45) is 5.92 Å². The van der Waals surface area contributed by atoms with E-state index in [2.05, 4.69) is 13.8 Å². The molecule has 0 fully saturated rings. The first kappa shape index (κ1) is 13.3. The largest absolute Gasteiger partial charge is 0.396 e. The van der Waals surface area contributed by atoms with E-state index in [-0.39, 0.29) is 21.1 Å². The van der Waals surface area contributed by atoms with Gasteiger partial charge in [0, 0.05) is 27.7 Å². The summed E-state index contributed by atoms with van der Waals surface area (Å²) in [4.78, 5) is 0. The zero-order chi connectivity index (χ0) is 7.11. The Morgan fingerprint density at radius 2 is 1.90 bits per heavy atom. The third kappa shape index (κ3) is 6.76. The van der Waals surface area contributed by atoms with E-state index in [1.54, 1.807) is 0 Å². The molecule has 0 aromatic heterocycles. The van der Waals surface area contributed by atoms with Crippen LogP contribution < -0.4 is 0 Å². The van der Waals surface area contributed by atoms with Crippen LogP contribution >= 0.6 is 0 Å². The second-order valence-electron chi connectivity index (χ2n) is 2.60. The smallest absolute Gasteiger partial charge is 0.0459 e. The number of hydrogen-bond acceptors (Lipinski definition) is 1. The van der Waals surface area contributed by atoms with Crippen LogP contribution in [0.2, 0.25) is 0 Å². The molecule has 0 radical (unpaired) electrons. The fraction of sp³-hybridized carbons (Fsp3) is 1.00. The van der Waals surface area contributed by atoms with Gasteiger partial charge in [0.25, 0.3) is 0 Å². The minimum absolute atomic E-state index is 0. The summed E-state index contributed by atoms with van der Waals surface area (Å²) in [6.45, 7) is 4.69. The van der Waals surface area contributed by atoms with Gasteiger partial charge >= 0.3 is 0 Å². The number of unbranched alkanes of at least 4 members (excludes halogenated alkanes) is 1. The SMILES string of the molecule is CCCCC(CC)CO.[Mo]. The van der Waals surface area contributed by atoms with Crippen LogP contribution in [0.25, 0.3) is 0 Å². The minimum atomic E-state index is 0. The van der Waals surface area contributed by atoms with Crippen LogP contribution in [0.4, 0.5) is 0 Å². The number of aliphatic hydroxyl groups is 1. The second-order valence-corrected chi connectivity index (χ2v) is 2.60. The maximum Gasteiger partial charge on any atom is 0.0459 e. The molecular weight excluding hydrogens is 208 g/mol. The van der Waals surface area contributed by atoms with Crippen LogP contribution in [0.15, 0.2) is 0 Å². The molecule has 2 heteroatoms. The van der Waals surface area contributed by atoms with Gasteiger partial charge in [0.2, 0.25) is 0 Å². The maximum absolute atomic E-state index is 8.75. The quantitative estimate of drug-likeness (QED) is 0.712. The summed E-state index contributed by atoms with van der Waals surface area (Å²) >= 11 is 0. The monoisotopic (exact) mass is 228 g/mol. The van der Waals surface area contributed by atoms with E-state index >= 15 is 0 Å². The molecule has 0 spiro atoms. The zero-order valence-electron chi connectivity index (χ0n) is 6.97. The van der Waals surface area contributed by atoms with Crippen molar-refractivity contribution >= 4 is 0 Å². The first-order valence-corrected chi connectivity index (χ1v) is 3.96. The van der Waals surface area contributed by atoms with Gasteiger partial charge in [0.1, 0.15) is 0 Å². The van der Waals surface area contributed by atoms with Gasteiger partial charge in [0.15, 0.2) is 0 Å². The van der Waals surface area contributed by atoms with Crippen molar-refractivity contribution in [2.45, 2.75) is 39.5 Å². The average Bonchev–Trinajstić information content (AvgIpc) is 1.91. The first-order valence-electron chi connectivity index (χ1n) is 3.96. The van der Waals surface area contributed by atoms with Crippen molar-refractivity contribution < 1.29 is 26.2 Å². The van der Waals surface area contributed by atoms with Crippen LogP contribution in [0.5, 0.6) is 0 Å². The van der Waals surface area contributed by atoms with Gasteiger partial charge in [-0.3, -0.25) is 0 Å². The third-order valence-corrected chi connectivity index (χ3v) is 1.80. The summed E-state index contributed by atoms with van der Waals surface area (Å²) < 4.78 is 0. The Balaban J connectivity index is 0. The normalized spacial score (nSPS) is 12.3. The molecule has 0 amide bonds. The standard InChI is InChI=1S/C8H18O.Mo/c1-3-5-6-8(4-2)7-9;/h8-9H,3-7H2,1-2H3;. The van der Waals surface area contributed by atoms with Crippen molar-refractivity contribution in [2.75, 3.05) is 6.61 Å². The molecule has 1 atom stereocenters. The van der Waals surface area contributed by atoms with E-state index in [1.807, 2.05) is 0 Å². The van der Waals surface area contributed by atoms with E-state index in [4.69, 9.17) is 5.11 Å². The number of aliphatic hydroxyl groups excluding tert-OH is 1. The van der Waals surface area contributed by atoms with Gasteiger partial charge in [0.05, 0.1) is 0 Å². The van der Waals surface area contributed by atoms with Crippen LogP contribution in [-0.4, -0.2) is 11.7 Å². The first-order chi connectivity index (χ1) is 4.35. The Morgan fingerprint density at radius 1 is 1.30 bits per heavy atom. The summed E-state index contributed by atoms with van der Waals surface area (Å²) in [5.41, 5.74) is 0. The van der Waals surface area contributed by atoms with Crippen molar-refractivity contribution in [1.29, 1.82) is 0 Å². The van der Waals surface area contributed by atoms with E-state index < -0.39 is 0 Å². The van der Waals surface area contributed by atoms with Crippen molar-refractivity contribution in [1.82, 2.24) is 0 Å². The van der Waals surface area contributed by atoms with E-state index in [9.17, 15) is 0 Å². The fourth-order valence-corrected chi connectivity index (χ4v) is 0.917. The molecule has 0 saturated heterocycles. The van der Waals surface area contributed by atoms with Crippen molar-refractivity contribution in [3.05, 3.63) is 0 Å². The van der Waals surface area contributed by atoms with E-state index in [1.165, 1.54) is 19.3 Å². The molecule has 1 N–H and O–H groups in total. The van der Waals surface area contributed by atoms with Crippen molar-refractivity contribution in [3.63, 3.8) is 0 Å². The second kappa shape index (κ2) is 9.65. The Morgan fingerprint density at radius 3 is 2.20 bits per heavy atom. The predicted octanol–water partition coefficient (Wildman–Crippen LogP) is 2.19. The van der Waals surface area contributed by atoms with Crippen LogP contribution in [0, 0.1) is 5.92 Å². The number of hydrogen-bond donors (Lipinski definition) is 1. The van der Waals surface area contributed by atoms with Crippen LogP contribution in [-0.2, 0) is 21.1 Å². The predicted molar refractivity (Wildman–Crippen MR) is 40.4 cm³/mol. The molecule has 0 aliphatic rings. The van der Waals surface area contributed by atoms with Crippen LogP contribution in [0.3, 0.4) is 0 Å². The maximum atomic E-state index is 8.75. The molecule has 62 valence electrons. The molecule has 0 aliphatic carbocycles. The topological polar surface area (TPSA) is 20.2 Å². The molecule has 0 aromatic carbocycles. The molecule has 0 aromatic rings. The van der Waals surface area contributed by atoms with E-state index in [0.29, 0.717) is 12.5 Å². The number of rotatable bonds is 5. The molecule has 0 saturated carbocycles. The van der Waals surface area contributed by atoms with Crippen molar-refractivity contribution in [3.8, 4) is 0 Å². The summed E-state index contributed by atoms with van der Waals surface area (Å²) in [5.74, 6) is 0.560. The molecule has 0 heterocycles. The molecule has 0 aliphatic heterocycles. The van der Waals surface area contributed by atoms with Crippen LogP contribution in [0.1, 0.15) is 39.5 Å². The fourth-order valence-electron chi connectivity index (χ4n) is 0.917. The van der Waals surface area contributed by atoms with Gasteiger partial charge in [-0.15, -0.1) is 0 Å². The van der Waals surface area contributed by atoms with Gasteiger partial charge < -0.3 is 5.11 Å². The molecular formula is C8H18MoO. The Bertz CT molecular complexity index is 53.2. The average molecular weight is 226 g/mol. The van der Waals surface area contributed by atoms with Gasteiger partial charge in [-0.05, 0) is 12.3 Å². The summed E-state index contributed by atoms with van der Waals surface area (Å²) in [5, 5.41) is 8.75. The van der Waals surface area contributed by atoms with E-state index in [0.717, 1.165) is 6.42 Å². The Hall–Kier alpha value is 0.648. The molecule has 0 bridgehead atoms. The molecule has 10 heavy (non-hydrogen) atoms. The summed E-state index contributed by atoms with van der Waals surface area (Å²) in [6.07, 6.45) is 4.83. The zero-order valence-corrected chi connectivity index (χ0v) is 8.98. The Labute approximate surface area is 78.5 Å². The molecule has 0 rings (SSSR count). The van der Waals surface area contributed by atoms with Gasteiger partial charge in [-0.1, -0.05) is 33.1 Å². The van der Waals surface area contributed by atoms with Gasteiger partial charge in [-0.25, -0.2) is 0 Å². The molecule has 1 unspecified atom stereocenters. The Kier molecular flexibility index (Phi) is 12.8. The van der Waals surface area contributed by atoms with Gasteiger partial charge in [-0.2, -0.15) is 0 Å². The molecule has 1 nitrogen and oxygen atoms in total. The summed E-state index contributed by atoms with van der Waals surface area (Å²) in [7, 11) is 0. The minimum Gasteiger partial charge on any atom is -0.396 e. The summed E-state index contributed by atoms with van der Waals surface area (Å²) in [6, 6.07) is 0.